The zero-order valence-electron chi connectivity index (χ0n) is 10.4. The van der Waals surface area contributed by atoms with Crippen LogP contribution in [-0.2, 0) is 14.4 Å². The van der Waals surface area contributed by atoms with Crippen LogP contribution in [0.4, 0.5) is 0 Å². The molecular weight excluding hydrogens is 236 g/mol. The lowest BCUT2D eigenvalue weighted by Gasteiger charge is -2.15. The summed E-state index contributed by atoms with van der Waals surface area (Å²) < 4.78 is 0. The van der Waals surface area contributed by atoms with Gasteiger partial charge in [0.1, 0.15) is 0 Å². The fourth-order valence-corrected chi connectivity index (χ4v) is 2.70. The van der Waals surface area contributed by atoms with Crippen molar-refractivity contribution in [2.75, 3.05) is 13.6 Å². The van der Waals surface area contributed by atoms with E-state index in [1.807, 2.05) is 0 Å². The average Bonchev–Trinajstić information content (AvgIpc) is 2.87. The Morgan fingerprint density at radius 1 is 1.33 bits per heavy atom. The number of aliphatic carboxylic acids is 1. The van der Waals surface area contributed by atoms with Crippen molar-refractivity contribution in [2.45, 2.75) is 31.7 Å². The number of carboxylic acids is 1. The Bertz CT molecular complexity index is 382. The molecule has 100 valence electrons. The summed E-state index contributed by atoms with van der Waals surface area (Å²) in [5.74, 6) is -1.55. The number of carbonyl (C=O) groups excluding carboxylic acids is 2. The molecule has 18 heavy (non-hydrogen) atoms. The van der Waals surface area contributed by atoms with E-state index in [4.69, 9.17) is 5.11 Å². The van der Waals surface area contributed by atoms with Crippen LogP contribution in [0, 0.1) is 11.8 Å². The van der Waals surface area contributed by atoms with Gasteiger partial charge in [-0.05, 0) is 19.3 Å². The van der Waals surface area contributed by atoms with Crippen LogP contribution in [0.1, 0.15) is 25.7 Å². The maximum absolute atomic E-state index is 11.9. The first-order valence-electron chi connectivity index (χ1n) is 6.24. The molecule has 0 radical (unpaired) electrons. The quantitative estimate of drug-likeness (QED) is 0.732. The number of carboxylic acid groups (broad SMARTS) is 1. The predicted octanol–water partition coefficient (Wildman–Crippen LogP) is -0.166. The van der Waals surface area contributed by atoms with Gasteiger partial charge in [-0.3, -0.25) is 14.4 Å². The molecule has 0 aromatic carbocycles. The van der Waals surface area contributed by atoms with Gasteiger partial charge >= 0.3 is 5.97 Å². The van der Waals surface area contributed by atoms with Crippen molar-refractivity contribution in [1.82, 2.24) is 10.2 Å². The molecular formula is C12H18N2O4. The van der Waals surface area contributed by atoms with E-state index in [2.05, 4.69) is 5.32 Å². The number of nitrogens with one attached hydrogen (secondary N) is 1. The van der Waals surface area contributed by atoms with E-state index in [0.717, 1.165) is 0 Å². The van der Waals surface area contributed by atoms with Crippen LogP contribution >= 0.6 is 0 Å². The number of likely N-dealkylation sites (tertiary alicyclic amines) is 1. The number of hydrogen-bond donors (Lipinski definition) is 2. The van der Waals surface area contributed by atoms with Crippen molar-refractivity contribution in [3.05, 3.63) is 0 Å². The third-order valence-electron chi connectivity index (χ3n) is 3.84. The van der Waals surface area contributed by atoms with Gasteiger partial charge in [0.05, 0.1) is 11.8 Å². The van der Waals surface area contributed by atoms with Gasteiger partial charge in [-0.15, -0.1) is 0 Å². The maximum Gasteiger partial charge on any atom is 0.306 e. The molecule has 0 spiro atoms. The molecule has 1 aliphatic carbocycles. The van der Waals surface area contributed by atoms with E-state index in [1.165, 1.54) is 0 Å². The van der Waals surface area contributed by atoms with Gasteiger partial charge in [-0.2, -0.15) is 0 Å². The number of nitrogens with zero attached hydrogens (tertiary/aromatic N) is 1. The zero-order valence-corrected chi connectivity index (χ0v) is 10.4. The van der Waals surface area contributed by atoms with Crippen molar-refractivity contribution in [1.29, 1.82) is 0 Å². The number of amides is 2. The summed E-state index contributed by atoms with van der Waals surface area (Å²) in [7, 11) is 1.69. The van der Waals surface area contributed by atoms with Crippen molar-refractivity contribution >= 4 is 17.8 Å². The summed E-state index contributed by atoms with van der Waals surface area (Å²) >= 11 is 0. The molecule has 1 aliphatic heterocycles. The smallest absolute Gasteiger partial charge is 0.306 e. The first-order valence-corrected chi connectivity index (χ1v) is 6.24. The topological polar surface area (TPSA) is 86.7 Å². The summed E-state index contributed by atoms with van der Waals surface area (Å²) in [6, 6.07) is -0.0559. The van der Waals surface area contributed by atoms with E-state index in [1.54, 1.807) is 11.9 Å². The van der Waals surface area contributed by atoms with Crippen LogP contribution < -0.4 is 5.32 Å². The van der Waals surface area contributed by atoms with E-state index >= 15 is 0 Å². The van der Waals surface area contributed by atoms with Crippen LogP contribution in [0.2, 0.25) is 0 Å². The largest absolute Gasteiger partial charge is 0.481 e. The Kier molecular flexibility index (Phi) is 3.54. The van der Waals surface area contributed by atoms with Gasteiger partial charge in [-0.25, -0.2) is 0 Å². The fraction of sp³-hybridized carbons (Fsp3) is 0.750. The molecule has 2 N–H and O–H groups in total. The van der Waals surface area contributed by atoms with Crippen molar-refractivity contribution in [2.24, 2.45) is 11.8 Å². The summed E-state index contributed by atoms with van der Waals surface area (Å²) in [6.45, 7) is 0.458. The first-order chi connectivity index (χ1) is 8.47. The van der Waals surface area contributed by atoms with Gasteiger partial charge in [-0.1, -0.05) is 0 Å². The lowest BCUT2D eigenvalue weighted by Crippen LogP contribution is -2.38. The second kappa shape index (κ2) is 4.96. The average molecular weight is 254 g/mol. The van der Waals surface area contributed by atoms with Gasteiger partial charge in [0.2, 0.25) is 11.8 Å². The minimum Gasteiger partial charge on any atom is -0.481 e. The third-order valence-corrected chi connectivity index (χ3v) is 3.84. The highest BCUT2D eigenvalue weighted by Crippen LogP contribution is 2.26. The maximum atomic E-state index is 11.9. The molecule has 1 heterocycles. The second-order valence-corrected chi connectivity index (χ2v) is 5.23. The normalized spacial score (nSPS) is 31.7. The molecule has 1 saturated heterocycles. The van der Waals surface area contributed by atoms with Crippen LogP contribution in [0.15, 0.2) is 0 Å². The molecule has 3 atom stereocenters. The van der Waals surface area contributed by atoms with E-state index in [-0.39, 0.29) is 36.1 Å². The van der Waals surface area contributed by atoms with Gasteiger partial charge in [0.15, 0.2) is 0 Å². The third kappa shape index (κ3) is 2.63. The van der Waals surface area contributed by atoms with Gasteiger partial charge in [0, 0.05) is 26.1 Å². The number of hydrogen-bond acceptors (Lipinski definition) is 3. The van der Waals surface area contributed by atoms with Crippen molar-refractivity contribution < 1.29 is 19.5 Å². The highest BCUT2D eigenvalue weighted by atomic mass is 16.4. The summed E-state index contributed by atoms with van der Waals surface area (Å²) in [6.07, 6.45) is 2.08. The van der Waals surface area contributed by atoms with Crippen molar-refractivity contribution in [3.8, 4) is 0 Å². The minimum atomic E-state index is -0.789. The summed E-state index contributed by atoms with van der Waals surface area (Å²) in [4.78, 5) is 35.6. The Morgan fingerprint density at radius 2 is 2.06 bits per heavy atom. The minimum absolute atomic E-state index is 0.00927. The van der Waals surface area contributed by atoms with Gasteiger partial charge < -0.3 is 15.3 Å². The van der Waals surface area contributed by atoms with Crippen LogP contribution in [-0.4, -0.2) is 47.4 Å². The monoisotopic (exact) mass is 254 g/mol. The van der Waals surface area contributed by atoms with Crippen molar-refractivity contribution in [3.63, 3.8) is 0 Å². The lowest BCUT2D eigenvalue weighted by molar-refractivity contribution is -0.141. The molecule has 6 nitrogen and oxygen atoms in total. The highest BCUT2D eigenvalue weighted by Gasteiger charge is 2.35. The standard InChI is InChI=1S/C12H18N2O4/c1-14-6-8(5-10(14)15)11(16)13-9-3-2-7(4-9)12(17)18/h7-9H,2-6H2,1H3,(H,13,16)(H,17,18)/t7-,8?,9+/m0/s1. The number of rotatable bonds is 3. The van der Waals surface area contributed by atoms with E-state index in [9.17, 15) is 14.4 Å². The van der Waals surface area contributed by atoms with E-state index < -0.39 is 5.97 Å². The number of carbonyl (C=O) groups is 3. The molecule has 6 heteroatoms. The lowest BCUT2D eigenvalue weighted by atomic mass is 10.1. The summed E-state index contributed by atoms with van der Waals surface area (Å²) in [5, 5.41) is 11.7. The Labute approximate surface area is 105 Å². The molecule has 0 aromatic heterocycles. The Balaban J connectivity index is 1.82. The van der Waals surface area contributed by atoms with Crippen LogP contribution in [0.25, 0.3) is 0 Å². The SMILES string of the molecule is CN1CC(C(=O)N[C@@H]2CC[C@H](C(=O)O)C2)CC1=O. The highest BCUT2D eigenvalue weighted by molar-refractivity contribution is 5.89. The molecule has 2 aliphatic rings. The fourth-order valence-electron chi connectivity index (χ4n) is 2.70. The molecule has 1 saturated carbocycles. The molecule has 2 fully saturated rings. The molecule has 0 aromatic rings. The molecule has 2 rings (SSSR count). The van der Waals surface area contributed by atoms with Crippen LogP contribution in [0.5, 0.6) is 0 Å². The zero-order chi connectivity index (χ0) is 13.3. The molecule has 1 unspecified atom stereocenters. The molecule has 2 amide bonds. The Hall–Kier alpha value is -1.59. The van der Waals surface area contributed by atoms with Gasteiger partial charge in [0.25, 0.3) is 0 Å². The summed E-state index contributed by atoms with van der Waals surface area (Å²) in [5.41, 5.74) is 0. The van der Waals surface area contributed by atoms with E-state index in [0.29, 0.717) is 25.8 Å². The second-order valence-electron chi connectivity index (χ2n) is 5.23. The molecule has 0 bridgehead atoms. The van der Waals surface area contributed by atoms with Crippen LogP contribution in [0.3, 0.4) is 0 Å². The first kappa shape index (κ1) is 12.9. The Morgan fingerprint density at radius 3 is 2.56 bits per heavy atom. The predicted molar refractivity (Wildman–Crippen MR) is 62.7 cm³/mol.